The van der Waals surface area contributed by atoms with Crippen LogP contribution in [0.25, 0.3) is 0 Å². The van der Waals surface area contributed by atoms with E-state index in [0.717, 1.165) is 26.9 Å². The molecule has 728 valence electrons. The Morgan fingerprint density at radius 2 is 0.492 bits per heavy atom. The molecular formula is C81H128N6O41. The number of esters is 1. The number of ketones is 2. The zero-order valence-electron chi connectivity index (χ0n) is 73.2. The Morgan fingerprint density at radius 3 is 0.734 bits per heavy atom. The van der Waals surface area contributed by atoms with E-state index in [2.05, 4.69) is 4.84 Å². The van der Waals surface area contributed by atoms with Crippen molar-refractivity contribution in [3.05, 3.63) is 36.5 Å². The molecule has 0 saturated carbocycles. The molecular weight excluding hydrogens is 1710 g/mol. The number of aliphatic carboxylic acids is 3. The number of imide groups is 5. The third-order valence-electron chi connectivity index (χ3n) is 16.0. The molecule has 47 nitrogen and oxygen atoms in total. The number of amides is 10. The van der Waals surface area contributed by atoms with E-state index in [-0.39, 0.29) is 170 Å². The highest BCUT2D eigenvalue weighted by molar-refractivity contribution is 6.14. The summed E-state index contributed by atoms with van der Waals surface area (Å²) >= 11 is 0. The maximum atomic E-state index is 11.8. The molecule has 0 aliphatic carbocycles. The summed E-state index contributed by atoms with van der Waals surface area (Å²) in [5.41, 5.74) is 4.80. The number of rotatable bonds is 73. The van der Waals surface area contributed by atoms with Crippen molar-refractivity contribution in [2.45, 2.75) is 136 Å². The molecule has 0 unspecified atom stereocenters. The van der Waals surface area contributed by atoms with E-state index in [0.29, 0.717) is 234 Å². The fourth-order valence-electron chi connectivity index (χ4n) is 9.71. The van der Waals surface area contributed by atoms with Crippen molar-refractivity contribution in [3.8, 4) is 0 Å². The molecule has 128 heavy (non-hydrogen) atoms. The average molecular weight is 1840 g/mol. The highest BCUT2D eigenvalue weighted by atomic mass is 16.7. The highest BCUT2D eigenvalue weighted by Crippen LogP contribution is 2.16. The summed E-state index contributed by atoms with van der Waals surface area (Å²) in [7, 11) is 0. The van der Waals surface area contributed by atoms with Gasteiger partial charge in [0.05, 0.1) is 224 Å². The van der Waals surface area contributed by atoms with Crippen LogP contribution in [0.4, 0.5) is 0 Å². The predicted octanol–water partition coefficient (Wildman–Crippen LogP) is -0.874. The number of hydrogen-bond donors (Lipinski definition) is 4. The molecule has 5 aliphatic heterocycles. The first-order valence-corrected chi connectivity index (χ1v) is 41.5. The number of Topliss-reactive ketones (excluding diaryl/α,β-unsaturated/α-hetero) is 2. The van der Waals surface area contributed by atoms with Crippen LogP contribution in [0.15, 0.2) is 36.5 Å². The third kappa shape index (κ3) is 66.7. The molecule has 47 heteroatoms. The van der Waals surface area contributed by atoms with Gasteiger partial charge in [-0.2, -0.15) is 0 Å². The van der Waals surface area contributed by atoms with Gasteiger partial charge >= 0.3 is 35.8 Å². The van der Waals surface area contributed by atoms with Crippen LogP contribution in [0.2, 0.25) is 0 Å². The van der Waals surface area contributed by atoms with Crippen molar-refractivity contribution in [2.24, 2.45) is 5.73 Å². The maximum absolute atomic E-state index is 11.8. The minimum absolute atomic E-state index is 0. The van der Waals surface area contributed by atoms with Gasteiger partial charge in [0.1, 0.15) is 17.2 Å². The zero-order chi connectivity index (χ0) is 93.9. The first kappa shape index (κ1) is 118. The van der Waals surface area contributed by atoms with E-state index < -0.39 is 70.9 Å². The lowest BCUT2D eigenvalue weighted by Crippen LogP contribution is -2.35. The number of ether oxygens (including phenoxy) is 17. The number of nitrogens with zero attached hydrogens (tertiary/aromatic N) is 5. The normalized spacial score (nSPS) is 13.9. The van der Waals surface area contributed by atoms with Gasteiger partial charge in [-0.05, 0) is 40.0 Å². The van der Waals surface area contributed by atoms with Gasteiger partial charge in [0.15, 0.2) is 0 Å². The number of carboxylic acids is 3. The molecule has 7 N–H and O–H groups in total. The van der Waals surface area contributed by atoms with Gasteiger partial charge in [0.25, 0.3) is 59.1 Å². The number of nitrogens with two attached hydrogens (primary N) is 1. The van der Waals surface area contributed by atoms with Gasteiger partial charge in [-0.3, -0.25) is 91.4 Å². The molecule has 5 heterocycles. The van der Waals surface area contributed by atoms with E-state index in [1.165, 1.54) is 24.3 Å². The molecule has 2 saturated heterocycles. The SMILES string of the molecule is CC(C)(C)OC(=O)CCCOCCOCCOCCOCCC(=O)O.NCCOCCOCCOCCOCCC(=O)O.O.O=C(CCCOCCOCCOCCOCCC(=O)ON1C(=O)CCC1=O)CCN1C(=O)C=CC1=O.O=C(CCN1C(=O)C=CC1=O)ON1C(=O)CCC1=O.O=C(O)CCOCCOCCOCCOCCCC(=O)CCN1C(=O)C=CC1=O. The van der Waals surface area contributed by atoms with Crippen LogP contribution >= 0.6 is 0 Å². The van der Waals surface area contributed by atoms with Crippen molar-refractivity contribution in [2.75, 3.05) is 238 Å². The highest BCUT2D eigenvalue weighted by Gasteiger charge is 2.35. The summed E-state index contributed by atoms with van der Waals surface area (Å²) in [6.07, 6.45) is 9.80. The number of carboxylic acid groups (broad SMARTS) is 3. The van der Waals surface area contributed by atoms with Gasteiger partial charge in [0, 0.05) is 140 Å². The molecule has 5 rings (SSSR count). The smallest absolute Gasteiger partial charge is 0.335 e. The van der Waals surface area contributed by atoms with Crippen molar-refractivity contribution in [1.82, 2.24) is 24.8 Å². The van der Waals surface area contributed by atoms with E-state index in [9.17, 15) is 86.3 Å². The molecule has 5 aliphatic rings. The van der Waals surface area contributed by atoms with Crippen LogP contribution in [0, 0.1) is 0 Å². The second-order valence-corrected chi connectivity index (χ2v) is 27.6. The quantitative estimate of drug-likeness (QED) is 0.0326. The number of carbonyl (C=O) groups is 18. The second-order valence-electron chi connectivity index (χ2n) is 27.6. The number of hydroxylamine groups is 4. The summed E-state index contributed by atoms with van der Waals surface area (Å²) in [4.78, 5) is 214. The van der Waals surface area contributed by atoms with Gasteiger partial charge in [-0.25, -0.2) is 9.59 Å². The maximum Gasteiger partial charge on any atom is 0.335 e. The molecule has 0 aromatic carbocycles. The molecule has 0 atom stereocenters. The average Bonchev–Trinajstić information content (AvgIpc) is 1.73. The fourth-order valence-corrected chi connectivity index (χ4v) is 9.71. The predicted molar refractivity (Wildman–Crippen MR) is 436 cm³/mol. The Hall–Kier alpha value is -9.64. The Bertz CT molecular complexity index is 3320. The minimum Gasteiger partial charge on any atom is -0.481 e. The van der Waals surface area contributed by atoms with E-state index in [4.69, 9.17) is 106 Å². The zero-order valence-corrected chi connectivity index (χ0v) is 73.2. The standard InChI is InChI=1S/C23H32N2O11.C19H29NO9.C17H32O8.C11H10N2O6.C11H23NO6.H2O/c26-18(7-9-24-19(27)3-4-20(24)28)2-1-10-32-12-14-34-16-17-35-15-13-33-11-8-23(31)36-25-21(29)5-6-22(25)30;21-16(5-7-20-17(22)3-4-18(20)23)2-1-8-26-10-12-28-14-15-29-13-11-27-9-6-19(24)25;1-17(2,3)25-16(20)5-4-7-21-9-11-23-13-14-24-12-10-22-8-6-15(18)19;14-7-1-2-8(15)12(7)6-5-11(18)19-13-9(16)3-4-10(13)17;12-2-4-16-6-8-18-10-9-17-7-5-15-3-1-11(13)14;/h3-4H,1-2,5-17H2;3-4H,1-2,5-15H2,(H,24,25);4-14H2,1-3H3,(H,18,19);1-2H,3-6H2;1-10,12H2,(H,13,14);1H2. The number of carbonyl (C=O) groups excluding carboxylic acids is 15. The summed E-state index contributed by atoms with van der Waals surface area (Å²) < 4.78 is 89.2. The van der Waals surface area contributed by atoms with E-state index in [1.54, 1.807) is 0 Å². The Balaban J connectivity index is 0.00000161. The van der Waals surface area contributed by atoms with Gasteiger partial charge in [0.2, 0.25) is 0 Å². The molecule has 0 radical (unpaired) electrons. The van der Waals surface area contributed by atoms with Gasteiger partial charge < -0.3 is 117 Å². The fraction of sp³-hybridized carbons (Fsp3) is 0.704. The largest absolute Gasteiger partial charge is 0.481 e. The van der Waals surface area contributed by atoms with E-state index >= 15 is 0 Å². The molecule has 0 aromatic heterocycles. The Kier molecular flexibility index (Phi) is 71.5. The summed E-state index contributed by atoms with van der Waals surface area (Å²) in [5, 5.41) is 26.1. The van der Waals surface area contributed by atoms with Crippen LogP contribution < -0.4 is 5.73 Å². The van der Waals surface area contributed by atoms with Crippen molar-refractivity contribution in [3.63, 3.8) is 0 Å². The van der Waals surface area contributed by atoms with Gasteiger partial charge in [-0.15, -0.1) is 10.1 Å². The second kappa shape index (κ2) is 77.3. The third-order valence-corrected chi connectivity index (χ3v) is 16.0. The van der Waals surface area contributed by atoms with Crippen molar-refractivity contribution >= 4 is 106 Å². The summed E-state index contributed by atoms with van der Waals surface area (Å²) in [6.45, 7) is 18.6. The molecule has 10 amide bonds. The minimum atomic E-state index is -0.890. The lowest BCUT2D eigenvalue weighted by atomic mass is 10.1. The Labute approximate surface area is 741 Å². The Morgan fingerprint density at radius 1 is 0.281 bits per heavy atom. The number of hydrogen-bond acceptors (Lipinski definition) is 38. The molecule has 0 bridgehead atoms. The lowest BCUT2D eigenvalue weighted by molar-refractivity contribution is -0.198. The van der Waals surface area contributed by atoms with Crippen LogP contribution in [0.5, 0.6) is 0 Å². The monoisotopic (exact) mass is 1840 g/mol. The topological polar surface area (TPSA) is 617 Å². The summed E-state index contributed by atoms with van der Waals surface area (Å²) in [5.74, 6) is -9.18. The molecule has 0 aromatic rings. The van der Waals surface area contributed by atoms with Crippen LogP contribution in [0.3, 0.4) is 0 Å². The lowest BCUT2D eigenvalue weighted by Gasteiger charge is -2.19. The summed E-state index contributed by atoms with van der Waals surface area (Å²) in [6, 6.07) is 0. The van der Waals surface area contributed by atoms with E-state index in [1.807, 2.05) is 20.8 Å². The van der Waals surface area contributed by atoms with Gasteiger partial charge in [-0.1, -0.05) is 0 Å². The van der Waals surface area contributed by atoms with Crippen LogP contribution in [-0.4, -0.2) is 395 Å². The van der Waals surface area contributed by atoms with Crippen LogP contribution in [-0.2, 0) is 177 Å². The molecule has 0 spiro atoms. The van der Waals surface area contributed by atoms with Crippen molar-refractivity contribution in [1.29, 1.82) is 0 Å². The molecule has 2 fully saturated rings. The van der Waals surface area contributed by atoms with Crippen molar-refractivity contribution < 1.29 is 197 Å². The first-order valence-electron chi connectivity index (χ1n) is 41.5. The first-order chi connectivity index (χ1) is 60.9. The van der Waals surface area contributed by atoms with Crippen LogP contribution in [0.1, 0.15) is 130 Å².